The second-order valence-electron chi connectivity index (χ2n) is 4.60. The Morgan fingerprint density at radius 3 is 2.25 bits per heavy atom. The maximum atomic E-state index is 11.9. The van der Waals surface area contributed by atoms with Crippen molar-refractivity contribution >= 4 is 52.4 Å². The molecule has 2 aromatic carbocycles. The standard InChI is InChI=1S/C16H12Cl3NO4/c1-23-10-4-2-9(3-5-10)16(22)24-8-15(21)20-14-7-12(18)11(17)6-13(14)19/h2-7H,8H2,1H3,(H,20,21). The first kappa shape index (κ1) is 18.4. The number of esters is 1. The summed E-state index contributed by atoms with van der Waals surface area (Å²) in [6.45, 7) is -0.471. The first-order chi connectivity index (χ1) is 11.4. The molecule has 126 valence electrons. The summed E-state index contributed by atoms with van der Waals surface area (Å²) in [5.74, 6) is -0.580. The van der Waals surface area contributed by atoms with Gasteiger partial charge >= 0.3 is 5.97 Å². The van der Waals surface area contributed by atoms with Gasteiger partial charge in [0.25, 0.3) is 5.91 Å². The molecule has 8 heteroatoms. The number of amides is 1. The van der Waals surface area contributed by atoms with Crippen LogP contribution in [0, 0.1) is 0 Å². The summed E-state index contributed by atoms with van der Waals surface area (Å²) in [7, 11) is 1.52. The number of rotatable bonds is 5. The quantitative estimate of drug-likeness (QED) is 0.607. The normalized spacial score (nSPS) is 10.2. The number of anilines is 1. The van der Waals surface area contributed by atoms with E-state index in [-0.39, 0.29) is 20.8 Å². The predicted octanol–water partition coefficient (Wildman–Crippen LogP) is 4.45. The van der Waals surface area contributed by atoms with Gasteiger partial charge in [-0.2, -0.15) is 0 Å². The van der Waals surface area contributed by atoms with Crippen LogP contribution in [-0.2, 0) is 9.53 Å². The lowest BCUT2D eigenvalue weighted by molar-refractivity contribution is -0.119. The molecule has 5 nitrogen and oxygen atoms in total. The van der Waals surface area contributed by atoms with Crippen LogP contribution in [0.3, 0.4) is 0 Å². The molecule has 0 aliphatic heterocycles. The zero-order chi connectivity index (χ0) is 17.7. The van der Waals surface area contributed by atoms with Crippen LogP contribution in [0.1, 0.15) is 10.4 Å². The predicted molar refractivity (Wildman–Crippen MR) is 93.4 cm³/mol. The highest BCUT2D eigenvalue weighted by Gasteiger charge is 2.13. The van der Waals surface area contributed by atoms with Crippen molar-refractivity contribution in [1.82, 2.24) is 0 Å². The van der Waals surface area contributed by atoms with E-state index in [1.807, 2.05) is 0 Å². The van der Waals surface area contributed by atoms with Gasteiger partial charge in [0.2, 0.25) is 0 Å². The SMILES string of the molecule is COc1ccc(C(=O)OCC(=O)Nc2cc(Cl)c(Cl)cc2Cl)cc1. The molecule has 2 rings (SSSR count). The Hall–Kier alpha value is -1.95. The second kappa shape index (κ2) is 8.24. The number of methoxy groups -OCH3 is 1. The van der Waals surface area contributed by atoms with Crippen molar-refractivity contribution in [2.45, 2.75) is 0 Å². The molecule has 0 saturated carbocycles. The lowest BCUT2D eigenvalue weighted by Gasteiger charge is -2.09. The van der Waals surface area contributed by atoms with Gasteiger partial charge in [-0.25, -0.2) is 4.79 Å². The van der Waals surface area contributed by atoms with Gasteiger partial charge < -0.3 is 14.8 Å². The van der Waals surface area contributed by atoms with Crippen LogP contribution in [0.2, 0.25) is 15.1 Å². The first-order valence-corrected chi connectivity index (χ1v) is 7.79. The maximum absolute atomic E-state index is 11.9. The molecule has 2 aromatic rings. The first-order valence-electron chi connectivity index (χ1n) is 6.66. The third-order valence-electron chi connectivity index (χ3n) is 2.94. The molecule has 0 radical (unpaired) electrons. The lowest BCUT2D eigenvalue weighted by Crippen LogP contribution is -2.21. The molecule has 0 fully saturated rings. The van der Waals surface area contributed by atoms with Gasteiger partial charge in [0.1, 0.15) is 5.75 Å². The largest absolute Gasteiger partial charge is 0.497 e. The number of carbonyl (C=O) groups is 2. The Morgan fingerprint density at radius 1 is 1.00 bits per heavy atom. The van der Waals surface area contributed by atoms with E-state index >= 15 is 0 Å². The summed E-state index contributed by atoms with van der Waals surface area (Å²) in [6.07, 6.45) is 0. The highest BCUT2D eigenvalue weighted by Crippen LogP contribution is 2.32. The van der Waals surface area contributed by atoms with Gasteiger partial charge in [0.15, 0.2) is 6.61 Å². The van der Waals surface area contributed by atoms with E-state index in [0.717, 1.165) is 0 Å². The van der Waals surface area contributed by atoms with E-state index in [0.29, 0.717) is 11.3 Å². The maximum Gasteiger partial charge on any atom is 0.338 e. The van der Waals surface area contributed by atoms with E-state index in [1.165, 1.54) is 31.4 Å². The molecule has 1 amide bonds. The molecule has 0 heterocycles. The molecule has 0 spiro atoms. The van der Waals surface area contributed by atoms with E-state index in [4.69, 9.17) is 44.3 Å². The second-order valence-corrected chi connectivity index (χ2v) is 5.82. The minimum Gasteiger partial charge on any atom is -0.497 e. The fraction of sp³-hybridized carbons (Fsp3) is 0.125. The zero-order valence-electron chi connectivity index (χ0n) is 12.4. The monoisotopic (exact) mass is 387 g/mol. The van der Waals surface area contributed by atoms with Crippen molar-refractivity contribution < 1.29 is 19.1 Å². The number of halogens is 3. The number of benzene rings is 2. The summed E-state index contributed by atoms with van der Waals surface area (Å²) >= 11 is 17.6. The van der Waals surface area contributed by atoms with Crippen LogP contribution >= 0.6 is 34.8 Å². The Kier molecular flexibility index (Phi) is 6.31. The average Bonchev–Trinajstić information content (AvgIpc) is 2.57. The lowest BCUT2D eigenvalue weighted by atomic mass is 10.2. The molecule has 1 N–H and O–H groups in total. The van der Waals surface area contributed by atoms with Crippen LogP contribution in [0.4, 0.5) is 5.69 Å². The number of carbonyl (C=O) groups excluding carboxylic acids is 2. The minimum absolute atomic E-state index is 0.222. The highest BCUT2D eigenvalue weighted by molar-refractivity contribution is 6.44. The highest BCUT2D eigenvalue weighted by atomic mass is 35.5. The van der Waals surface area contributed by atoms with Crippen molar-refractivity contribution in [3.05, 3.63) is 57.0 Å². The van der Waals surface area contributed by atoms with Crippen molar-refractivity contribution in [3.8, 4) is 5.75 Å². The molecule has 0 atom stereocenters. The Morgan fingerprint density at radius 2 is 1.62 bits per heavy atom. The number of nitrogens with one attached hydrogen (secondary N) is 1. The average molecular weight is 389 g/mol. The molecule has 0 aromatic heterocycles. The summed E-state index contributed by atoms with van der Waals surface area (Å²) in [5.41, 5.74) is 0.577. The Labute approximate surface area is 153 Å². The molecule has 0 bridgehead atoms. The van der Waals surface area contributed by atoms with Gasteiger partial charge in [-0.3, -0.25) is 4.79 Å². The number of hydrogen-bond donors (Lipinski definition) is 1. The summed E-state index contributed by atoms with van der Waals surface area (Å²) in [6, 6.07) is 9.13. The Balaban J connectivity index is 1.93. The van der Waals surface area contributed by atoms with Crippen molar-refractivity contribution in [1.29, 1.82) is 0 Å². The van der Waals surface area contributed by atoms with Crippen LogP contribution in [0.15, 0.2) is 36.4 Å². The third-order valence-corrected chi connectivity index (χ3v) is 3.98. The smallest absolute Gasteiger partial charge is 0.338 e. The van der Waals surface area contributed by atoms with E-state index in [2.05, 4.69) is 5.32 Å². The molecule has 24 heavy (non-hydrogen) atoms. The molecule has 0 saturated heterocycles. The third kappa shape index (κ3) is 4.77. The van der Waals surface area contributed by atoms with Crippen LogP contribution in [0.25, 0.3) is 0 Å². The molecular weight excluding hydrogens is 377 g/mol. The minimum atomic E-state index is -0.631. The molecule has 0 unspecified atom stereocenters. The summed E-state index contributed by atoms with van der Waals surface area (Å²) < 4.78 is 9.93. The van der Waals surface area contributed by atoms with Gasteiger partial charge in [0, 0.05) is 0 Å². The fourth-order valence-electron chi connectivity index (χ4n) is 1.75. The fourth-order valence-corrected chi connectivity index (χ4v) is 2.34. The van der Waals surface area contributed by atoms with E-state index in [1.54, 1.807) is 12.1 Å². The van der Waals surface area contributed by atoms with Crippen LogP contribution < -0.4 is 10.1 Å². The van der Waals surface area contributed by atoms with Gasteiger partial charge in [-0.15, -0.1) is 0 Å². The summed E-state index contributed by atoms with van der Waals surface area (Å²) in [5, 5.41) is 3.22. The number of hydrogen-bond acceptors (Lipinski definition) is 4. The molecular formula is C16H12Cl3NO4. The Bertz CT molecular complexity index is 763. The van der Waals surface area contributed by atoms with Crippen molar-refractivity contribution in [3.63, 3.8) is 0 Å². The van der Waals surface area contributed by atoms with Gasteiger partial charge in [0.05, 0.1) is 33.4 Å². The molecule has 0 aliphatic carbocycles. The van der Waals surface area contributed by atoms with Crippen molar-refractivity contribution in [2.75, 3.05) is 19.0 Å². The topological polar surface area (TPSA) is 64.6 Å². The number of ether oxygens (including phenoxy) is 2. The van der Waals surface area contributed by atoms with E-state index in [9.17, 15) is 9.59 Å². The zero-order valence-corrected chi connectivity index (χ0v) is 14.7. The van der Waals surface area contributed by atoms with Crippen molar-refractivity contribution in [2.24, 2.45) is 0 Å². The van der Waals surface area contributed by atoms with Gasteiger partial charge in [-0.05, 0) is 36.4 Å². The van der Waals surface area contributed by atoms with Crippen LogP contribution in [0.5, 0.6) is 5.75 Å². The van der Waals surface area contributed by atoms with Crippen LogP contribution in [-0.4, -0.2) is 25.6 Å². The summed E-state index contributed by atoms with van der Waals surface area (Å²) in [4.78, 5) is 23.7. The molecule has 0 aliphatic rings. The van der Waals surface area contributed by atoms with Gasteiger partial charge in [-0.1, -0.05) is 34.8 Å². The van der Waals surface area contributed by atoms with E-state index < -0.39 is 18.5 Å².